The number of benzene rings is 1. The van der Waals surface area contributed by atoms with Gasteiger partial charge in [0.1, 0.15) is 5.82 Å². The molecule has 1 N–H and O–H groups in total. The molecule has 7 heteroatoms. The molecule has 1 saturated heterocycles. The molecule has 0 aliphatic carbocycles. The Hall–Kier alpha value is -2.96. The molecule has 1 fully saturated rings. The first kappa shape index (κ1) is 18.8. The summed E-state index contributed by atoms with van der Waals surface area (Å²) < 4.78 is 18.8. The Bertz CT molecular complexity index is 820. The highest BCUT2D eigenvalue weighted by atomic mass is 19.1. The second-order valence-corrected chi connectivity index (χ2v) is 6.58. The van der Waals surface area contributed by atoms with Crippen molar-refractivity contribution in [3.63, 3.8) is 0 Å². The van der Waals surface area contributed by atoms with Crippen molar-refractivity contribution in [2.45, 2.75) is 19.8 Å². The van der Waals surface area contributed by atoms with Gasteiger partial charge >= 0.3 is 0 Å². The SMILES string of the molecule is Cc1ccnc(NC(=O)C2CCN(C(=O)COc3ccccc3F)CC2)c1. The Morgan fingerprint density at radius 3 is 2.70 bits per heavy atom. The third-order valence-corrected chi connectivity index (χ3v) is 4.57. The van der Waals surface area contributed by atoms with Gasteiger partial charge in [-0.2, -0.15) is 0 Å². The van der Waals surface area contributed by atoms with Crippen LogP contribution in [0.5, 0.6) is 5.75 Å². The molecule has 1 aliphatic rings. The zero-order valence-electron chi connectivity index (χ0n) is 15.2. The summed E-state index contributed by atoms with van der Waals surface area (Å²) in [6.45, 7) is 2.66. The number of likely N-dealkylation sites (tertiary alicyclic amines) is 1. The van der Waals surface area contributed by atoms with Gasteiger partial charge in [0.15, 0.2) is 18.2 Å². The van der Waals surface area contributed by atoms with Crippen molar-refractivity contribution in [2.75, 3.05) is 25.0 Å². The lowest BCUT2D eigenvalue weighted by Crippen LogP contribution is -2.43. The van der Waals surface area contributed by atoms with Gasteiger partial charge in [0.25, 0.3) is 5.91 Å². The molecular formula is C20H22FN3O3. The van der Waals surface area contributed by atoms with Crippen LogP contribution < -0.4 is 10.1 Å². The number of ether oxygens (including phenoxy) is 1. The summed E-state index contributed by atoms with van der Waals surface area (Å²) in [7, 11) is 0. The number of nitrogens with zero attached hydrogens (tertiary/aromatic N) is 2. The molecule has 6 nitrogen and oxygen atoms in total. The summed E-state index contributed by atoms with van der Waals surface area (Å²) in [5, 5.41) is 2.83. The monoisotopic (exact) mass is 371 g/mol. The second kappa shape index (κ2) is 8.62. The van der Waals surface area contributed by atoms with Crippen molar-refractivity contribution < 1.29 is 18.7 Å². The van der Waals surface area contributed by atoms with Crippen LogP contribution in [0.3, 0.4) is 0 Å². The first-order chi connectivity index (χ1) is 13.0. The van der Waals surface area contributed by atoms with Gasteiger partial charge < -0.3 is 15.0 Å². The van der Waals surface area contributed by atoms with Crippen molar-refractivity contribution in [3.8, 4) is 5.75 Å². The quantitative estimate of drug-likeness (QED) is 0.877. The first-order valence-corrected chi connectivity index (χ1v) is 8.91. The van der Waals surface area contributed by atoms with E-state index in [-0.39, 0.29) is 30.1 Å². The number of aryl methyl sites for hydroxylation is 1. The Morgan fingerprint density at radius 2 is 2.00 bits per heavy atom. The third-order valence-electron chi connectivity index (χ3n) is 4.57. The molecule has 0 spiro atoms. The van der Waals surface area contributed by atoms with Crippen molar-refractivity contribution in [1.82, 2.24) is 9.88 Å². The van der Waals surface area contributed by atoms with Crippen molar-refractivity contribution in [1.29, 1.82) is 0 Å². The molecule has 3 rings (SSSR count). The fourth-order valence-corrected chi connectivity index (χ4v) is 3.02. The maximum absolute atomic E-state index is 13.5. The number of aromatic nitrogens is 1. The number of pyridine rings is 1. The second-order valence-electron chi connectivity index (χ2n) is 6.58. The maximum Gasteiger partial charge on any atom is 0.260 e. The summed E-state index contributed by atoms with van der Waals surface area (Å²) in [6.07, 6.45) is 2.80. The van der Waals surface area contributed by atoms with Gasteiger partial charge in [-0.3, -0.25) is 9.59 Å². The molecule has 0 bridgehead atoms. The molecule has 2 amide bonds. The standard InChI is InChI=1S/C20H22FN3O3/c1-14-6-9-22-18(12-14)23-20(26)15-7-10-24(11-8-15)19(25)13-27-17-5-3-2-4-16(17)21/h2-6,9,12,15H,7-8,10-11,13H2,1H3,(H,22,23,26). The van der Waals surface area contributed by atoms with E-state index in [0.717, 1.165) is 5.56 Å². The summed E-state index contributed by atoms with van der Waals surface area (Å²) in [5.74, 6) is -0.350. The van der Waals surface area contributed by atoms with Crippen LogP contribution in [0.25, 0.3) is 0 Å². The molecule has 2 heterocycles. The number of carbonyl (C=O) groups excluding carboxylic acids is 2. The Morgan fingerprint density at radius 1 is 1.26 bits per heavy atom. The van der Waals surface area contributed by atoms with Gasteiger partial charge in [-0.15, -0.1) is 0 Å². The Labute approximate surface area is 157 Å². The molecule has 1 aliphatic heterocycles. The molecule has 1 aromatic carbocycles. The number of halogens is 1. The number of amides is 2. The fraction of sp³-hybridized carbons (Fsp3) is 0.350. The topological polar surface area (TPSA) is 71.5 Å². The number of rotatable bonds is 5. The minimum absolute atomic E-state index is 0.0609. The highest BCUT2D eigenvalue weighted by Crippen LogP contribution is 2.20. The van der Waals surface area contributed by atoms with Gasteiger partial charge in [-0.05, 0) is 49.6 Å². The molecule has 1 aromatic heterocycles. The van der Waals surface area contributed by atoms with Gasteiger partial charge in [0.2, 0.25) is 5.91 Å². The number of piperidine rings is 1. The average molecular weight is 371 g/mol. The highest BCUT2D eigenvalue weighted by Gasteiger charge is 2.27. The van der Waals surface area contributed by atoms with Gasteiger partial charge in [-0.25, -0.2) is 9.37 Å². The molecule has 27 heavy (non-hydrogen) atoms. The molecule has 0 atom stereocenters. The number of nitrogens with one attached hydrogen (secondary N) is 1. The van der Waals surface area contributed by atoms with Gasteiger partial charge in [0.05, 0.1) is 0 Å². The number of hydrogen-bond acceptors (Lipinski definition) is 4. The summed E-state index contributed by atoms with van der Waals surface area (Å²) in [6, 6.07) is 9.66. The Balaban J connectivity index is 1.46. The van der Waals surface area contributed by atoms with E-state index in [4.69, 9.17) is 4.74 Å². The summed E-state index contributed by atoms with van der Waals surface area (Å²) in [4.78, 5) is 30.4. The normalized spacial score (nSPS) is 14.7. The lowest BCUT2D eigenvalue weighted by atomic mass is 9.96. The predicted octanol–water partition coefficient (Wildman–Crippen LogP) is 2.79. The number of para-hydroxylation sites is 1. The van der Waals surface area contributed by atoms with E-state index in [1.807, 2.05) is 19.1 Å². The molecular weight excluding hydrogens is 349 g/mol. The number of carbonyl (C=O) groups is 2. The van der Waals surface area contributed by atoms with Crippen LogP contribution >= 0.6 is 0 Å². The predicted molar refractivity (Wildman–Crippen MR) is 98.8 cm³/mol. The number of anilines is 1. The van der Waals surface area contributed by atoms with E-state index in [2.05, 4.69) is 10.3 Å². The highest BCUT2D eigenvalue weighted by molar-refractivity contribution is 5.92. The van der Waals surface area contributed by atoms with Crippen LogP contribution in [0.15, 0.2) is 42.6 Å². The lowest BCUT2D eigenvalue weighted by Gasteiger charge is -2.31. The van der Waals surface area contributed by atoms with E-state index < -0.39 is 5.82 Å². The van der Waals surface area contributed by atoms with Crippen LogP contribution in [-0.4, -0.2) is 41.4 Å². The smallest absolute Gasteiger partial charge is 0.260 e. The van der Waals surface area contributed by atoms with Crippen LogP contribution in [0.1, 0.15) is 18.4 Å². The molecule has 0 unspecified atom stereocenters. The summed E-state index contributed by atoms with van der Waals surface area (Å²) >= 11 is 0. The molecule has 0 radical (unpaired) electrons. The minimum atomic E-state index is -0.495. The zero-order valence-corrected chi connectivity index (χ0v) is 15.2. The summed E-state index contributed by atoms with van der Waals surface area (Å²) in [5.41, 5.74) is 1.02. The Kier molecular flexibility index (Phi) is 6.01. The van der Waals surface area contributed by atoms with Crippen LogP contribution in [-0.2, 0) is 9.59 Å². The molecule has 0 saturated carbocycles. The largest absolute Gasteiger partial charge is 0.481 e. The van der Waals surface area contributed by atoms with Crippen molar-refractivity contribution in [2.24, 2.45) is 5.92 Å². The first-order valence-electron chi connectivity index (χ1n) is 8.91. The lowest BCUT2D eigenvalue weighted by molar-refractivity contribution is -0.136. The van der Waals surface area contributed by atoms with E-state index in [1.54, 1.807) is 23.2 Å². The third kappa shape index (κ3) is 5.03. The fourth-order valence-electron chi connectivity index (χ4n) is 3.02. The van der Waals surface area contributed by atoms with Crippen molar-refractivity contribution >= 4 is 17.6 Å². The minimum Gasteiger partial charge on any atom is -0.481 e. The van der Waals surface area contributed by atoms with Crippen LogP contribution in [0.4, 0.5) is 10.2 Å². The van der Waals surface area contributed by atoms with Gasteiger partial charge in [-0.1, -0.05) is 12.1 Å². The van der Waals surface area contributed by atoms with E-state index in [1.165, 1.54) is 12.1 Å². The van der Waals surface area contributed by atoms with E-state index in [9.17, 15) is 14.0 Å². The molecule has 2 aromatic rings. The van der Waals surface area contributed by atoms with Gasteiger partial charge in [0, 0.05) is 25.2 Å². The molecule has 142 valence electrons. The maximum atomic E-state index is 13.5. The van der Waals surface area contributed by atoms with Crippen LogP contribution in [0, 0.1) is 18.7 Å². The zero-order chi connectivity index (χ0) is 19.2. The van der Waals surface area contributed by atoms with E-state index in [0.29, 0.717) is 31.7 Å². The van der Waals surface area contributed by atoms with Crippen LogP contribution in [0.2, 0.25) is 0 Å². The number of hydrogen-bond donors (Lipinski definition) is 1. The average Bonchev–Trinajstić information content (AvgIpc) is 2.67. The van der Waals surface area contributed by atoms with Crippen molar-refractivity contribution in [3.05, 3.63) is 54.0 Å². The van der Waals surface area contributed by atoms with E-state index >= 15 is 0 Å².